The van der Waals surface area contributed by atoms with Crippen LogP contribution in [0.1, 0.15) is 22.9 Å². The van der Waals surface area contributed by atoms with Crippen LogP contribution in [0, 0.1) is 0 Å². The second-order valence-corrected chi connectivity index (χ2v) is 9.38. The summed E-state index contributed by atoms with van der Waals surface area (Å²) in [6.45, 7) is -0.153. The van der Waals surface area contributed by atoms with Crippen LogP contribution in [0.2, 0.25) is 0 Å². The molecule has 1 aromatic heterocycles. The molecule has 0 amide bonds. The van der Waals surface area contributed by atoms with E-state index in [0.717, 1.165) is 27.3 Å². The van der Waals surface area contributed by atoms with E-state index >= 15 is 0 Å². The summed E-state index contributed by atoms with van der Waals surface area (Å²) < 4.78 is 24.5. The van der Waals surface area contributed by atoms with Crippen LogP contribution in [0.5, 0.6) is 11.5 Å². The molecule has 1 fully saturated rings. The summed E-state index contributed by atoms with van der Waals surface area (Å²) in [7, 11) is 3.18. The second-order valence-electron chi connectivity index (χ2n) is 9.38. The highest BCUT2D eigenvalue weighted by atomic mass is 16.6. The molecular weight excluding hydrogens is 516 g/mol. The predicted octanol–water partition coefficient (Wildman–Crippen LogP) is 2.18. The molecule has 0 radical (unpaired) electrons. The quantitative estimate of drug-likeness (QED) is 0.272. The molecular formula is C30H30N2O8. The third-order valence-electron chi connectivity index (χ3n) is 7.10. The van der Waals surface area contributed by atoms with Crippen molar-refractivity contribution in [1.29, 1.82) is 0 Å². The van der Waals surface area contributed by atoms with Gasteiger partial charge >= 0.3 is 5.69 Å². The van der Waals surface area contributed by atoms with Crippen LogP contribution in [0.3, 0.4) is 0 Å². The normalized spacial score (nSPS) is 20.8. The van der Waals surface area contributed by atoms with Crippen LogP contribution in [-0.2, 0) is 15.1 Å². The van der Waals surface area contributed by atoms with Crippen LogP contribution in [0.4, 0.5) is 0 Å². The minimum atomic E-state index is -1.44. The van der Waals surface area contributed by atoms with Gasteiger partial charge in [0, 0.05) is 12.3 Å². The van der Waals surface area contributed by atoms with E-state index in [-0.39, 0.29) is 6.61 Å². The number of methoxy groups -OCH3 is 2. The summed E-state index contributed by atoms with van der Waals surface area (Å²) in [5.41, 5.74) is -0.133. The molecule has 4 atom stereocenters. The van der Waals surface area contributed by atoms with Gasteiger partial charge in [-0.2, -0.15) is 0 Å². The number of ether oxygens (including phenoxy) is 4. The van der Waals surface area contributed by atoms with Crippen LogP contribution < -0.4 is 20.7 Å². The number of nitrogens with zero attached hydrogens (tertiary/aromatic N) is 1. The van der Waals surface area contributed by atoms with E-state index in [1.54, 1.807) is 14.2 Å². The molecule has 1 aliphatic rings. The van der Waals surface area contributed by atoms with Gasteiger partial charge in [0.25, 0.3) is 5.56 Å². The second kappa shape index (κ2) is 11.5. The van der Waals surface area contributed by atoms with Gasteiger partial charge in [-0.05, 0) is 41.0 Å². The Kier molecular flexibility index (Phi) is 7.85. The van der Waals surface area contributed by atoms with Crippen molar-refractivity contribution in [2.75, 3.05) is 20.8 Å². The van der Waals surface area contributed by atoms with Crippen molar-refractivity contribution < 1.29 is 29.2 Å². The number of aromatic amines is 1. The van der Waals surface area contributed by atoms with Crippen LogP contribution >= 0.6 is 0 Å². The van der Waals surface area contributed by atoms with Gasteiger partial charge in [-0.1, -0.05) is 54.6 Å². The molecule has 3 aromatic carbocycles. The average Bonchev–Trinajstić information content (AvgIpc) is 3.27. The fraction of sp³-hybridized carbons (Fsp3) is 0.267. The number of aromatic nitrogens is 2. The van der Waals surface area contributed by atoms with E-state index in [1.807, 2.05) is 78.9 Å². The van der Waals surface area contributed by atoms with E-state index in [2.05, 4.69) is 4.98 Å². The van der Waals surface area contributed by atoms with Gasteiger partial charge < -0.3 is 29.2 Å². The number of benzene rings is 3. The van der Waals surface area contributed by atoms with Gasteiger partial charge in [0.1, 0.15) is 35.4 Å². The lowest BCUT2D eigenvalue weighted by atomic mass is 9.80. The number of aliphatic hydroxyl groups excluding tert-OH is 2. The molecule has 0 bridgehead atoms. The van der Waals surface area contributed by atoms with Crippen molar-refractivity contribution in [2.45, 2.75) is 30.1 Å². The number of rotatable bonds is 9. The molecule has 10 heteroatoms. The van der Waals surface area contributed by atoms with Crippen molar-refractivity contribution >= 4 is 0 Å². The Morgan fingerprint density at radius 2 is 1.35 bits per heavy atom. The van der Waals surface area contributed by atoms with Crippen LogP contribution in [0.25, 0.3) is 0 Å². The maximum Gasteiger partial charge on any atom is 0.330 e. The Hall–Kier alpha value is -4.22. The molecule has 0 saturated carbocycles. The van der Waals surface area contributed by atoms with Crippen molar-refractivity contribution in [2.24, 2.45) is 0 Å². The highest BCUT2D eigenvalue weighted by Crippen LogP contribution is 2.42. The smallest absolute Gasteiger partial charge is 0.330 e. The molecule has 0 spiro atoms. The molecule has 1 aliphatic heterocycles. The molecule has 4 aromatic rings. The number of H-pyrrole nitrogens is 1. The molecule has 5 rings (SSSR count). The van der Waals surface area contributed by atoms with Crippen molar-refractivity contribution in [1.82, 2.24) is 9.55 Å². The standard InChI is InChI=1S/C30H30N2O8/c1-37-22-12-8-20(9-13-22)30(19-6-4-3-5-7-19,21-10-14-23(38-2)15-11-21)39-18-24-26(34)27(35)28(40-24)32-17-16-25(33)31-29(32)36/h3-17,24,26-28,34-35H,18H2,1-2H3,(H,31,33,36)/t24-,26?,27?,28-/m1/s1. The van der Waals surface area contributed by atoms with Crippen molar-refractivity contribution in [3.05, 3.63) is 129 Å². The van der Waals surface area contributed by atoms with Crippen LogP contribution in [-0.4, -0.2) is 58.9 Å². The fourth-order valence-corrected chi connectivity index (χ4v) is 5.01. The summed E-state index contributed by atoms with van der Waals surface area (Å²) >= 11 is 0. The largest absolute Gasteiger partial charge is 0.497 e. The minimum absolute atomic E-state index is 0.153. The molecule has 208 valence electrons. The molecule has 2 heterocycles. The van der Waals surface area contributed by atoms with Crippen LogP contribution in [0.15, 0.2) is 101 Å². The summed E-state index contributed by atoms with van der Waals surface area (Å²) in [5.74, 6) is 1.35. The first-order valence-corrected chi connectivity index (χ1v) is 12.7. The Morgan fingerprint density at radius 1 is 0.800 bits per heavy atom. The predicted molar refractivity (Wildman–Crippen MR) is 146 cm³/mol. The maximum atomic E-state index is 12.3. The van der Waals surface area contributed by atoms with Gasteiger partial charge in [-0.25, -0.2) is 4.79 Å². The SMILES string of the molecule is COc1ccc(C(OC[C@H]2O[C@@H](n3ccc(=O)[nH]c3=O)C(O)C2O)(c2ccccc2)c2ccc(OC)cc2)cc1. The molecule has 10 nitrogen and oxygen atoms in total. The Balaban J connectivity index is 1.56. The topological polar surface area (TPSA) is 132 Å². The first-order valence-electron chi connectivity index (χ1n) is 12.7. The zero-order valence-electron chi connectivity index (χ0n) is 22.0. The number of aliphatic hydroxyl groups is 2. The molecule has 3 N–H and O–H groups in total. The number of hydrogen-bond donors (Lipinski definition) is 3. The van der Waals surface area contributed by atoms with Crippen molar-refractivity contribution in [3.63, 3.8) is 0 Å². The van der Waals surface area contributed by atoms with Gasteiger partial charge in [0.05, 0.1) is 20.8 Å². The zero-order valence-corrected chi connectivity index (χ0v) is 22.0. The Bertz CT molecular complexity index is 1490. The fourth-order valence-electron chi connectivity index (χ4n) is 5.01. The summed E-state index contributed by atoms with van der Waals surface area (Å²) in [5, 5.41) is 21.7. The number of hydrogen-bond acceptors (Lipinski definition) is 8. The van der Waals surface area contributed by atoms with Gasteiger partial charge in [0.2, 0.25) is 0 Å². The molecule has 1 saturated heterocycles. The Labute approximate surface area is 230 Å². The van der Waals surface area contributed by atoms with Gasteiger partial charge in [0.15, 0.2) is 6.23 Å². The lowest BCUT2D eigenvalue weighted by Gasteiger charge is -2.37. The van der Waals surface area contributed by atoms with E-state index < -0.39 is 41.4 Å². The summed E-state index contributed by atoms with van der Waals surface area (Å²) in [4.78, 5) is 26.0. The maximum absolute atomic E-state index is 12.3. The minimum Gasteiger partial charge on any atom is -0.497 e. The molecule has 2 unspecified atom stereocenters. The summed E-state index contributed by atoms with van der Waals surface area (Å²) in [6.07, 6.45) is -3.82. The molecule has 0 aliphatic carbocycles. The lowest BCUT2D eigenvalue weighted by Crippen LogP contribution is -2.40. The zero-order chi connectivity index (χ0) is 28.3. The third-order valence-corrected chi connectivity index (χ3v) is 7.10. The molecule has 40 heavy (non-hydrogen) atoms. The number of nitrogens with one attached hydrogen (secondary N) is 1. The Morgan fingerprint density at radius 3 is 1.88 bits per heavy atom. The van der Waals surface area contributed by atoms with E-state index in [1.165, 1.54) is 6.20 Å². The van der Waals surface area contributed by atoms with E-state index in [4.69, 9.17) is 18.9 Å². The third kappa shape index (κ3) is 5.05. The highest BCUT2D eigenvalue weighted by molar-refractivity contribution is 5.49. The first kappa shape index (κ1) is 27.4. The van der Waals surface area contributed by atoms with Crippen molar-refractivity contribution in [3.8, 4) is 11.5 Å². The first-order chi connectivity index (χ1) is 19.4. The monoisotopic (exact) mass is 546 g/mol. The van der Waals surface area contributed by atoms with Gasteiger partial charge in [-0.15, -0.1) is 0 Å². The van der Waals surface area contributed by atoms with E-state index in [0.29, 0.717) is 11.5 Å². The van der Waals surface area contributed by atoms with Gasteiger partial charge in [-0.3, -0.25) is 14.3 Å². The average molecular weight is 547 g/mol. The summed E-state index contributed by atoms with van der Waals surface area (Å²) in [6, 6.07) is 25.7. The van der Waals surface area contributed by atoms with E-state index in [9.17, 15) is 19.8 Å². The highest BCUT2D eigenvalue weighted by Gasteiger charge is 2.46. The lowest BCUT2D eigenvalue weighted by molar-refractivity contribution is -0.0958.